The normalized spacial score (nSPS) is 12.7. The van der Waals surface area contributed by atoms with Crippen molar-refractivity contribution in [3.63, 3.8) is 0 Å². The Labute approximate surface area is 156 Å². The van der Waals surface area contributed by atoms with E-state index < -0.39 is 0 Å². The van der Waals surface area contributed by atoms with Crippen molar-refractivity contribution in [2.24, 2.45) is 0 Å². The zero-order chi connectivity index (χ0) is 19.4. The molecule has 0 aliphatic carbocycles. The van der Waals surface area contributed by atoms with Crippen molar-refractivity contribution in [2.45, 2.75) is 19.8 Å². The van der Waals surface area contributed by atoms with Gasteiger partial charge in [0.2, 0.25) is 11.8 Å². The van der Waals surface area contributed by atoms with E-state index in [4.69, 9.17) is 0 Å². The third-order valence-electron chi connectivity index (χ3n) is 4.13. The number of nitrogens with zero attached hydrogens (tertiary/aromatic N) is 1. The summed E-state index contributed by atoms with van der Waals surface area (Å²) in [6, 6.07) is 13.5. The van der Waals surface area contributed by atoms with Gasteiger partial charge in [0.15, 0.2) is 0 Å². The highest BCUT2D eigenvalue weighted by Gasteiger charge is 2.34. The van der Waals surface area contributed by atoms with E-state index in [2.05, 4.69) is 10.6 Å². The Morgan fingerprint density at radius 3 is 2.07 bits per heavy atom. The van der Waals surface area contributed by atoms with Crippen molar-refractivity contribution in [3.05, 3.63) is 59.7 Å². The van der Waals surface area contributed by atoms with Gasteiger partial charge in [-0.1, -0.05) is 18.2 Å². The number of anilines is 2. The molecule has 138 valence electrons. The smallest absolute Gasteiger partial charge is 0.261 e. The molecule has 0 aromatic heterocycles. The van der Waals surface area contributed by atoms with Crippen molar-refractivity contribution >= 4 is 35.0 Å². The van der Waals surface area contributed by atoms with Gasteiger partial charge in [-0.15, -0.1) is 0 Å². The van der Waals surface area contributed by atoms with Gasteiger partial charge in [-0.3, -0.25) is 24.1 Å². The first-order chi connectivity index (χ1) is 13.0. The molecule has 7 heteroatoms. The lowest BCUT2D eigenvalue weighted by Gasteiger charge is -2.13. The summed E-state index contributed by atoms with van der Waals surface area (Å²) in [5.74, 6) is -1.07. The molecular formula is C20H19N3O4. The van der Waals surface area contributed by atoms with Crippen molar-refractivity contribution < 1.29 is 19.2 Å². The molecule has 7 nitrogen and oxygen atoms in total. The molecule has 0 saturated carbocycles. The first kappa shape index (κ1) is 18.3. The van der Waals surface area contributed by atoms with E-state index in [1.54, 1.807) is 48.5 Å². The Morgan fingerprint density at radius 2 is 1.48 bits per heavy atom. The second-order valence-corrected chi connectivity index (χ2v) is 6.22. The van der Waals surface area contributed by atoms with Crippen LogP contribution < -0.4 is 10.6 Å². The second kappa shape index (κ2) is 7.82. The lowest BCUT2D eigenvalue weighted by molar-refractivity contribution is -0.116. The SMILES string of the molecule is CC(=O)Nc1cccc(NC(=O)CCCN2C(=O)c3ccccc3C2=O)c1. The number of nitrogens with one attached hydrogen (secondary N) is 2. The molecule has 2 aromatic rings. The Bertz CT molecular complexity index is 888. The zero-order valence-electron chi connectivity index (χ0n) is 14.8. The Hall–Kier alpha value is -3.48. The minimum atomic E-state index is -0.320. The van der Waals surface area contributed by atoms with Gasteiger partial charge in [0, 0.05) is 31.3 Å². The van der Waals surface area contributed by atoms with Crippen LogP contribution in [-0.2, 0) is 9.59 Å². The lowest BCUT2D eigenvalue weighted by atomic mass is 10.1. The molecule has 0 atom stereocenters. The van der Waals surface area contributed by atoms with Crippen LogP contribution in [0.5, 0.6) is 0 Å². The number of carbonyl (C=O) groups is 4. The van der Waals surface area contributed by atoms with Gasteiger partial charge in [-0.05, 0) is 36.8 Å². The molecule has 0 saturated heterocycles. The maximum absolute atomic E-state index is 12.3. The van der Waals surface area contributed by atoms with E-state index in [1.807, 2.05) is 0 Å². The standard InChI is InChI=1S/C20H19N3O4/c1-13(24)21-14-6-4-7-15(12-14)22-18(25)10-5-11-23-19(26)16-8-2-3-9-17(16)20(23)27/h2-4,6-9,12H,5,10-11H2,1H3,(H,21,24)(H,22,25). The van der Waals surface area contributed by atoms with E-state index in [9.17, 15) is 19.2 Å². The minimum absolute atomic E-state index is 0.164. The van der Waals surface area contributed by atoms with Gasteiger partial charge in [-0.25, -0.2) is 0 Å². The van der Waals surface area contributed by atoms with Gasteiger partial charge >= 0.3 is 0 Å². The molecule has 0 spiro atoms. The third-order valence-corrected chi connectivity index (χ3v) is 4.13. The number of imide groups is 1. The van der Waals surface area contributed by atoms with E-state index in [-0.39, 0.29) is 36.6 Å². The summed E-state index contributed by atoms with van der Waals surface area (Å²) in [5, 5.41) is 5.39. The van der Waals surface area contributed by atoms with Gasteiger partial charge < -0.3 is 10.6 Å². The Morgan fingerprint density at radius 1 is 0.889 bits per heavy atom. The summed E-state index contributed by atoms with van der Waals surface area (Å²) >= 11 is 0. The number of benzene rings is 2. The largest absolute Gasteiger partial charge is 0.326 e. The van der Waals surface area contributed by atoms with Crippen LogP contribution in [0.25, 0.3) is 0 Å². The average Bonchev–Trinajstić information content (AvgIpc) is 2.87. The summed E-state index contributed by atoms with van der Waals surface area (Å²) in [7, 11) is 0. The van der Waals surface area contributed by atoms with Gasteiger partial charge in [-0.2, -0.15) is 0 Å². The first-order valence-electron chi connectivity index (χ1n) is 8.58. The van der Waals surface area contributed by atoms with Crippen molar-refractivity contribution in [2.75, 3.05) is 17.2 Å². The summed E-state index contributed by atoms with van der Waals surface area (Å²) in [5.41, 5.74) is 1.96. The zero-order valence-corrected chi connectivity index (χ0v) is 14.8. The monoisotopic (exact) mass is 365 g/mol. The number of hydrogen-bond acceptors (Lipinski definition) is 4. The van der Waals surface area contributed by atoms with Crippen LogP contribution in [0.4, 0.5) is 11.4 Å². The van der Waals surface area contributed by atoms with Crippen LogP contribution in [0.3, 0.4) is 0 Å². The molecule has 3 rings (SSSR count). The number of amides is 4. The maximum Gasteiger partial charge on any atom is 0.261 e. The highest BCUT2D eigenvalue weighted by atomic mass is 16.2. The topological polar surface area (TPSA) is 95.6 Å². The minimum Gasteiger partial charge on any atom is -0.326 e. The van der Waals surface area contributed by atoms with E-state index in [0.29, 0.717) is 28.9 Å². The molecule has 0 radical (unpaired) electrons. The Balaban J connectivity index is 1.51. The lowest BCUT2D eigenvalue weighted by Crippen LogP contribution is -2.31. The summed E-state index contributed by atoms with van der Waals surface area (Å²) in [6.45, 7) is 1.59. The average molecular weight is 365 g/mol. The fourth-order valence-corrected chi connectivity index (χ4v) is 2.94. The molecule has 1 heterocycles. The molecule has 0 bridgehead atoms. The summed E-state index contributed by atoms with van der Waals surface area (Å²) in [4.78, 5) is 48.9. The molecule has 2 N–H and O–H groups in total. The van der Waals surface area contributed by atoms with Crippen LogP contribution in [0.1, 0.15) is 40.5 Å². The van der Waals surface area contributed by atoms with E-state index in [0.717, 1.165) is 0 Å². The molecule has 27 heavy (non-hydrogen) atoms. The van der Waals surface area contributed by atoms with Gasteiger partial charge in [0.25, 0.3) is 11.8 Å². The predicted octanol–water partition coefficient (Wildman–Crippen LogP) is 2.66. The summed E-state index contributed by atoms with van der Waals surface area (Å²) in [6.07, 6.45) is 0.528. The van der Waals surface area contributed by atoms with Crippen LogP contribution in [0.15, 0.2) is 48.5 Å². The molecule has 2 aromatic carbocycles. The van der Waals surface area contributed by atoms with Crippen LogP contribution in [-0.4, -0.2) is 35.1 Å². The van der Waals surface area contributed by atoms with Crippen molar-refractivity contribution in [1.82, 2.24) is 4.90 Å². The molecule has 1 aliphatic heterocycles. The first-order valence-corrected chi connectivity index (χ1v) is 8.58. The number of carbonyl (C=O) groups excluding carboxylic acids is 4. The molecule has 1 aliphatic rings. The summed E-state index contributed by atoms with van der Waals surface area (Å²) < 4.78 is 0. The van der Waals surface area contributed by atoms with E-state index in [1.165, 1.54) is 11.8 Å². The maximum atomic E-state index is 12.3. The molecule has 0 unspecified atom stereocenters. The highest BCUT2D eigenvalue weighted by Crippen LogP contribution is 2.22. The third kappa shape index (κ3) is 4.20. The number of hydrogen-bond donors (Lipinski definition) is 2. The van der Waals surface area contributed by atoms with Crippen LogP contribution in [0.2, 0.25) is 0 Å². The fourth-order valence-electron chi connectivity index (χ4n) is 2.94. The number of rotatable bonds is 6. The van der Waals surface area contributed by atoms with Crippen molar-refractivity contribution in [3.8, 4) is 0 Å². The van der Waals surface area contributed by atoms with Gasteiger partial charge in [0.05, 0.1) is 11.1 Å². The fraction of sp³-hybridized carbons (Fsp3) is 0.200. The molecule has 0 fully saturated rings. The van der Waals surface area contributed by atoms with E-state index >= 15 is 0 Å². The highest BCUT2D eigenvalue weighted by molar-refractivity contribution is 6.21. The second-order valence-electron chi connectivity index (χ2n) is 6.22. The quantitative estimate of drug-likeness (QED) is 0.769. The van der Waals surface area contributed by atoms with Crippen LogP contribution >= 0.6 is 0 Å². The number of fused-ring (bicyclic) bond motifs is 1. The molecule has 4 amide bonds. The van der Waals surface area contributed by atoms with Crippen molar-refractivity contribution in [1.29, 1.82) is 0 Å². The van der Waals surface area contributed by atoms with Gasteiger partial charge in [0.1, 0.15) is 0 Å². The Kier molecular flexibility index (Phi) is 5.30. The molecular weight excluding hydrogens is 346 g/mol. The van der Waals surface area contributed by atoms with Crippen LogP contribution in [0, 0.1) is 0 Å². The predicted molar refractivity (Wildman–Crippen MR) is 100 cm³/mol.